The number of aliphatic imine (C=N–C) groups is 1. The summed E-state index contributed by atoms with van der Waals surface area (Å²) in [6.45, 7) is 3.94. The highest BCUT2D eigenvalue weighted by atomic mass is 35.5. The van der Waals surface area contributed by atoms with Crippen molar-refractivity contribution in [2.24, 2.45) is 4.99 Å². The maximum atomic E-state index is 12.5. The molecule has 158 valence electrons. The van der Waals surface area contributed by atoms with Crippen molar-refractivity contribution in [1.82, 2.24) is 9.88 Å². The van der Waals surface area contributed by atoms with Gasteiger partial charge >= 0.3 is 0 Å². The van der Waals surface area contributed by atoms with Gasteiger partial charge in [0.05, 0.1) is 31.3 Å². The molecule has 4 nitrogen and oxygen atoms in total. The smallest absolute Gasteiger partial charge is 0.264 e. The molecule has 1 fully saturated rings. The van der Waals surface area contributed by atoms with E-state index in [1.165, 1.54) is 11.8 Å². The van der Waals surface area contributed by atoms with E-state index in [1.54, 1.807) is 30.3 Å². The molecule has 0 bridgehead atoms. The molecular weight excluding hydrogens is 496 g/mol. The van der Waals surface area contributed by atoms with Crippen molar-refractivity contribution >= 4 is 81.0 Å². The van der Waals surface area contributed by atoms with E-state index in [0.717, 1.165) is 22.6 Å². The predicted octanol–water partition coefficient (Wildman–Crippen LogP) is 7.60. The zero-order chi connectivity index (χ0) is 22.3. The third-order valence-corrected chi connectivity index (χ3v) is 6.98. The lowest BCUT2D eigenvalue weighted by Crippen LogP contribution is -2.19. The fourth-order valence-corrected chi connectivity index (χ4v) is 4.80. The van der Waals surface area contributed by atoms with Crippen LogP contribution in [-0.4, -0.2) is 15.6 Å². The van der Waals surface area contributed by atoms with Gasteiger partial charge in [-0.3, -0.25) is 4.79 Å². The van der Waals surface area contributed by atoms with E-state index in [0.29, 0.717) is 35.9 Å². The van der Waals surface area contributed by atoms with E-state index in [-0.39, 0.29) is 5.91 Å². The second kappa shape index (κ2) is 8.93. The van der Waals surface area contributed by atoms with Gasteiger partial charge in [0.1, 0.15) is 0 Å². The molecule has 0 saturated carbocycles. The Kier molecular flexibility index (Phi) is 6.42. The molecule has 1 N–H and O–H groups in total. The normalized spacial score (nSPS) is 16.4. The molecule has 31 heavy (non-hydrogen) atoms. The Morgan fingerprint density at radius 1 is 1.03 bits per heavy atom. The van der Waals surface area contributed by atoms with Gasteiger partial charge in [-0.2, -0.15) is 0 Å². The summed E-state index contributed by atoms with van der Waals surface area (Å²) in [7, 11) is 0. The van der Waals surface area contributed by atoms with Crippen LogP contribution >= 0.6 is 58.2 Å². The predicted molar refractivity (Wildman–Crippen MR) is 133 cm³/mol. The van der Waals surface area contributed by atoms with Gasteiger partial charge in [0.15, 0.2) is 5.17 Å². The molecule has 3 aromatic rings. The Hall–Kier alpha value is -1.89. The average molecular weight is 511 g/mol. The quantitative estimate of drug-likeness (QED) is 0.368. The molecule has 1 amide bonds. The number of halogens is 4. The fourth-order valence-electron chi connectivity index (χ4n) is 3.27. The summed E-state index contributed by atoms with van der Waals surface area (Å²) in [5, 5.41) is 5.13. The molecule has 1 saturated heterocycles. The van der Waals surface area contributed by atoms with Crippen LogP contribution in [0.25, 0.3) is 11.8 Å². The minimum atomic E-state index is -0.229. The average Bonchev–Trinajstić information content (AvgIpc) is 3.20. The second-order valence-corrected chi connectivity index (χ2v) is 9.47. The first-order chi connectivity index (χ1) is 14.7. The minimum Gasteiger partial charge on any atom is -0.316 e. The van der Waals surface area contributed by atoms with Gasteiger partial charge in [0.2, 0.25) is 0 Å². The number of amides is 1. The monoisotopic (exact) mass is 509 g/mol. The summed E-state index contributed by atoms with van der Waals surface area (Å²) in [5.74, 6) is -0.229. The molecule has 1 aliphatic heterocycles. The van der Waals surface area contributed by atoms with Crippen LogP contribution in [0, 0.1) is 13.8 Å². The van der Waals surface area contributed by atoms with Crippen LogP contribution in [0.4, 0.5) is 5.69 Å². The van der Waals surface area contributed by atoms with Crippen LogP contribution in [0.2, 0.25) is 20.1 Å². The lowest BCUT2D eigenvalue weighted by molar-refractivity contribution is -0.115. The summed E-state index contributed by atoms with van der Waals surface area (Å²) in [6.07, 6.45) is 1.83. The first kappa shape index (κ1) is 22.3. The molecule has 0 radical (unpaired) electrons. The Morgan fingerprint density at radius 3 is 2.58 bits per heavy atom. The SMILES string of the molecule is Cc1cc(/C=C2/SC(=Nc3cccc(Cl)c3Cl)NC2=O)c(C)n1-c1cc(Cl)ccc1Cl. The number of benzene rings is 2. The summed E-state index contributed by atoms with van der Waals surface area (Å²) < 4.78 is 2.01. The number of aromatic nitrogens is 1. The molecule has 4 rings (SSSR count). The number of carbonyl (C=O) groups is 1. The van der Waals surface area contributed by atoms with Gasteiger partial charge < -0.3 is 9.88 Å². The van der Waals surface area contributed by atoms with E-state index < -0.39 is 0 Å². The number of hydrogen-bond donors (Lipinski definition) is 1. The summed E-state index contributed by atoms with van der Waals surface area (Å²) in [4.78, 5) is 17.5. The minimum absolute atomic E-state index is 0.229. The third-order valence-electron chi connectivity index (χ3n) is 4.71. The highest BCUT2D eigenvalue weighted by Gasteiger charge is 2.25. The van der Waals surface area contributed by atoms with Crippen LogP contribution < -0.4 is 5.32 Å². The Balaban J connectivity index is 1.68. The zero-order valence-corrected chi connectivity index (χ0v) is 20.2. The van der Waals surface area contributed by atoms with Gasteiger partial charge in [0, 0.05) is 16.4 Å². The summed E-state index contributed by atoms with van der Waals surface area (Å²) in [6, 6.07) is 12.5. The van der Waals surface area contributed by atoms with Crippen molar-refractivity contribution in [2.75, 3.05) is 0 Å². The van der Waals surface area contributed by atoms with Crippen molar-refractivity contribution in [2.45, 2.75) is 13.8 Å². The Bertz CT molecular complexity index is 1280. The molecule has 2 heterocycles. The van der Waals surface area contributed by atoms with Crippen LogP contribution in [0.15, 0.2) is 52.4 Å². The highest BCUT2D eigenvalue weighted by Crippen LogP contribution is 2.35. The van der Waals surface area contributed by atoms with Crippen LogP contribution in [-0.2, 0) is 4.79 Å². The van der Waals surface area contributed by atoms with Gasteiger partial charge in [-0.1, -0.05) is 52.5 Å². The van der Waals surface area contributed by atoms with Gasteiger partial charge in [-0.15, -0.1) is 0 Å². The molecule has 0 unspecified atom stereocenters. The number of thioether (sulfide) groups is 1. The van der Waals surface area contributed by atoms with Crippen molar-refractivity contribution in [1.29, 1.82) is 0 Å². The molecule has 9 heteroatoms. The maximum Gasteiger partial charge on any atom is 0.264 e. The van der Waals surface area contributed by atoms with Crippen molar-refractivity contribution in [3.8, 4) is 5.69 Å². The van der Waals surface area contributed by atoms with E-state index >= 15 is 0 Å². The number of aryl methyl sites for hydroxylation is 1. The molecule has 0 aliphatic carbocycles. The first-order valence-corrected chi connectivity index (χ1v) is 11.5. The van der Waals surface area contributed by atoms with Crippen LogP contribution in [0.5, 0.6) is 0 Å². The Morgan fingerprint density at radius 2 is 1.81 bits per heavy atom. The molecule has 0 atom stereocenters. The van der Waals surface area contributed by atoms with Crippen molar-refractivity contribution in [3.63, 3.8) is 0 Å². The van der Waals surface area contributed by atoms with Gasteiger partial charge in [-0.05, 0) is 73.6 Å². The van der Waals surface area contributed by atoms with Gasteiger partial charge in [-0.25, -0.2) is 4.99 Å². The van der Waals surface area contributed by atoms with Gasteiger partial charge in [0.25, 0.3) is 5.91 Å². The maximum absolute atomic E-state index is 12.5. The molecular formula is C22H15Cl4N3OS. The number of hydrogen-bond acceptors (Lipinski definition) is 3. The van der Waals surface area contributed by atoms with E-state index in [9.17, 15) is 4.79 Å². The zero-order valence-electron chi connectivity index (χ0n) is 16.3. The second-order valence-electron chi connectivity index (χ2n) is 6.81. The van der Waals surface area contributed by atoms with Crippen molar-refractivity contribution < 1.29 is 4.79 Å². The highest BCUT2D eigenvalue weighted by molar-refractivity contribution is 8.18. The number of amidine groups is 1. The Labute approximate surface area is 203 Å². The van der Waals surface area contributed by atoms with Crippen molar-refractivity contribution in [3.05, 3.63) is 84.4 Å². The van der Waals surface area contributed by atoms with E-state index in [1.807, 2.05) is 36.6 Å². The van der Waals surface area contributed by atoms with E-state index in [4.69, 9.17) is 46.4 Å². The lowest BCUT2D eigenvalue weighted by Gasteiger charge is -2.12. The van der Waals surface area contributed by atoms with Crippen LogP contribution in [0.1, 0.15) is 17.0 Å². The first-order valence-electron chi connectivity index (χ1n) is 9.12. The molecule has 2 aromatic carbocycles. The number of carbonyl (C=O) groups excluding carboxylic acids is 1. The molecule has 1 aliphatic rings. The standard InChI is InChI=1S/C22H15Cl4N3OS/c1-11-8-13(12(2)29(11)18-10-14(23)6-7-15(18)24)9-19-21(30)28-22(31-19)27-17-5-3-4-16(25)20(17)26/h3-10H,1-2H3,(H,27,28,30)/b19-9+. The number of nitrogens with one attached hydrogen (secondary N) is 1. The lowest BCUT2D eigenvalue weighted by atomic mass is 10.2. The molecule has 0 spiro atoms. The van der Waals surface area contributed by atoms with E-state index in [2.05, 4.69) is 10.3 Å². The third kappa shape index (κ3) is 4.52. The molecule has 1 aromatic heterocycles. The van der Waals surface area contributed by atoms with Crippen LogP contribution in [0.3, 0.4) is 0 Å². The summed E-state index contributed by atoms with van der Waals surface area (Å²) >= 11 is 26.0. The number of rotatable bonds is 3. The largest absolute Gasteiger partial charge is 0.316 e. The summed E-state index contributed by atoms with van der Waals surface area (Å²) in [5.41, 5.74) is 4.08. The topological polar surface area (TPSA) is 46.4 Å². The fraction of sp³-hybridized carbons (Fsp3) is 0.0909. The number of nitrogens with zero attached hydrogens (tertiary/aromatic N) is 2.